The third-order valence-electron chi connectivity index (χ3n) is 5.28. The summed E-state index contributed by atoms with van der Waals surface area (Å²) in [6.45, 7) is 6.32. The molecule has 0 radical (unpaired) electrons. The summed E-state index contributed by atoms with van der Waals surface area (Å²) < 4.78 is 6.08. The molecule has 1 amide bonds. The number of carbonyl (C=O) groups excluding carboxylic acids is 1. The van der Waals surface area contributed by atoms with Gasteiger partial charge in [-0.2, -0.15) is 9.78 Å². The first kappa shape index (κ1) is 21.1. The highest BCUT2D eigenvalue weighted by atomic mass is 16.6. The molecule has 2 aromatic carbocycles. The van der Waals surface area contributed by atoms with Crippen LogP contribution in [-0.2, 0) is 6.54 Å². The van der Waals surface area contributed by atoms with Gasteiger partial charge in [0.25, 0.3) is 5.91 Å². The van der Waals surface area contributed by atoms with Crippen molar-refractivity contribution in [1.82, 2.24) is 30.7 Å². The van der Waals surface area contributed by atoms with E-state index in [-0.39, 0.29) is 17.3 Å². The monoisotopic (exact) mass is 434 g/mol. The molecule has 11 nitrogen and oxygen atoms in total. The number of hydrogen-bond acceptors (Lipinski definition) is 8. The van der Waals surface area contributed by atoms with E-state index >= 15 is 0 Å². The molecule has 0 saturated carbocycles. The number of hydrazone groups is 1. The van der Waals surface area contributed by atoms with Crippen molar-refractivity contribution in [2.75, 3.05) is 18.8 Å². The molecule has 0 unspecified atom stereocenters. The number of quaternary nitrogens is 1. The van der Waals surface area contributed by atoms with E-state index in [9.17, 15) is 4.79 Å². The number of nitrogens with two attached hydrogens (primary N) is 1. The Bertz CT molecular complexity index is 1250. The molecule has 32 heavy (non-hydrogen) atoms. The highest BCUT2D eigenvalue weighted by Crippen LogP contribution is 2.17. The number of anilines is 1. The number of hydrogen-bond donors (Lipinski definition) is 3. The van der Waals surface area contributed by atoms with Gasteiger partial charge in [-0.3, -0.25) is 4.79 Å². The van der Waals surface area contributed by atoms with Gasteiger partial charge in [-0.05, 0) is 34.9 Å². The minimum Gasteiger partial charge on any atom is -0.378 e. The second-order valence-electron chi connectivity index (χ2n) is 7.17. The fraction of sp³-hybridized carbons (Fsp3) is 0.238. The lowest BCUT2D eigenvalue weighted by molar-refractivity contribution is -0.910. The van der Waals surface area contributed by atoms with E-state index in [0.29, 0.717) is 12.2 Å². The highest BCUT2D eigenvalue weighted by molar-refractivity contribution is 6.00. The second-order valence-corrected chi connectivity index (χ2v) is 7.17. The first-order chi connectivity index (χ1) is 15.6. The van der Waals surface area contributed by atoms with E-state index in [0.717, 1.165) is 29.4 Å². The number of amides is 1. The standard InChI is InChI=1S/C21H23N9O2/c1-3-29(4-2)13-17-18(24-28-30(17)20-19(22)26-32-27-20)21(31)25-23-12-15-10-7-9-14-8-5-6-11-16(14)15/h5-12H,3-4,13H2,1-2H3,(H2,22,26)(H,25,31)/p+1. The summed E-state index contributed by atoms with van der Waals surface area (Å²) in [6, 6.07) is 13.9. The minimum atomic E-state index is -0.482. The predicted molar refractivity (Wildman–Crippen MR) is 118 cm³/mol. The van der Waals surface area contributed by atoms with E-state index < -0.39 is 5.91 Å². The first-order valence-corrected chi connectivity index (χ1v) is 10.3. The van der Waals surface area contributed by atoms with Crippen molar-refractivity contribution in [2.24, 2.45) is 5.10 Å². The Hall–Kier alpha value is -4.12. The molecule has 0 saturated heterocycles. The maximum atomic E-state index is 12.9. The number of rotatable bonds is 8. The smallest absolute Gasteiger partial charge is 0.294 e. The summed E-state index contributed by atoms with van der Waals surface area (Å²) in [7, 11) is 0. The molecule has 0 spiro atoms. The van der Waals surface area contributed by atoms with Crippen molar-refractivity contribution in [2.45, 2.75) is 20.4 Å². The molecule has 0 atom stereocenters. The zero-order valence-corrected chi connectivity index (χ0v) is 17.8. The van der Waals surface area contributed by atoms with Gasteiger partial charge in [0.05, 0.1) is 19.3 Å². The van der Waals surface area contributed by atoms with Crippen LogP contribution in [0.3, 0.4) is 0 Å². The van der Waals surface area contributed by atoms with Crippen LogP contribution in [0, 0.1) is 0 Å². The number of fused-ring (bicyclic) bond motifs is 1. The Labute approximate surface area is 183 Å². The molecule has 4 rings (SSSR count). The SMILES string of the molecule is CC[NH+](CC)Cc1c(C(=O)NN=Cc2cccc3ccccc23)nnn1-c1nonc1N. The van der Waals surface area contributed by atoms with Crippen LogP contribution in [0.2, 0.25) is 0 Å². The van der Waals surface area contributed by atoms with Gasteiger partial charge in [-0.15, -0.1) is 5.10 Å². The largest absolute Gasteiger partial charge is 0.378 e. The maximum absolute atomic E-state index is 12.9. The number of aromatic nitrogens is 5. The molecule has 0 bridgehead atoms. The van der Waals surface area contributed by atoms with Crippen LogP contribution in [0.1, 0.15) is 35.6 Å². The van der Waals surface area contributed by atoms with Crippen molar-refractivity contribution in [1.29, 1.82) is 0 Å². The van der Waals surface area contributed by atoms with Gasteiger partial charge in [0.2, 0.25) is 11.6 Å². The predicted octanol–water partition coefficient (Wildman–Crippen LogP) is 0.574. The number of nitrogens with one attached hydrogen (secondary N) is 2. The normalized spacial score (nSPS) is 11.6. The van der Waals surface area contributed by atoms with Crippen molar-refractivity contribution in [3.63, 3.8) is 0 Å². The Balaban J connectivity index is 1.61. The zero-order valence-electron chi connectivity index (χ0n) is 17.8. The lowest BCUT2D eigenvalue weighted by atomic mass is 10.1. The van der Waals surface area contributed by atoms with Crippen molar-refractivity contribution in [3.8, 4) is 5.82 Å². The molecule has 0 aliphatic carbocycles. The third-order valence-corrected chi connectivity index (χ3v) is 5.28. The van der Waals surface area contributed by atoms with Crippen molar-refractivity contribution < 1.29 is 14.3 Å². The van der Waals surface area contributed by atoms with Gasteiger partial charge in [0, 0.05) is 5.56 Å². The van der Waals surface area contributed by atoms with Gasteiger partial charge in [0.1, 0.15) is 12.2 Å². The van der Waals surface area contributed by atoms with Gasteiger partial charge in [0.15, 0.2) is 5.69 Å². The van der Waals surface area contributed by atoms with Crippen LogP contribution in [-0.4, -0.2) is 50.5 Å². The molecular weight excluding hydrogens is 410 g/mol. The molecule has 4 aromatic rings. The van der Waals surface area contributed by atoms with E-state index in [1.54, 1.807) is 6.21 Å². The lowest BCUT2D eigenvalue weighted by Crippen LogP contribution is -3.10. The minimum absolute atomic E-state index is 0.0617. The number of nitrogens with zero attached hydrogens (tertiary/aromatic N) is 6. The summed E-state index contributed by atoms with van der Waals surface area (Å²) >= 11 is 0. The summed E-state index contributed by atoms with van der Waals surface area (Å²) in [6.07, 6.45) is 1.61. The first-order valence-electron chi connectivity index (χ1n) is 10.3. The lowest BCUT2D eigenvalue weighted by Gasteiger charge is -2.15. The van der Waals surface area contributed by atoms with Crippen molar-refractivity contribution in [3.05, 3.63) is 59.4 Å². The molecule has 0 fully saturated rings. The average Bonchev–Trinajstić information content (AvgIpc) is 3.43. The quantitative estimate of drug-likeness (QED) is 0.272. The summed E-state index contributed by atoms with van der Waals surface area (Å²) in [5.41, 5.74) is 9.95. The molecule has 4 N–H and O–H groups in total. The summed E-state index contributed by atoms with van der Waals surface area (Å²) in [4.78, 5) is 14.1. The number of benzene rings is 2. The highest BCUT2D eigenvalue weighted by Gasteiger charge is 2.26. The molecular formula is C21H24N9O2+. The number of carbonyl (C=O) groups is 1. The van der Waals surface area contributed by atoms with E-state index in [2.05, 4.69) is 49.6 Å². The molecule has 164 valence electrons. The average molecular weight is 434 g/mol. The molecule has 0 aliphatic heterocycles. The maximum Gasteiger partial charge on any atom is 0.294 e. The molecule has 2 heterocycles. The molecule has 2 aromatic heterocycles. The van der Waals surface area contributed by atoms with Crippen LogP contribution in [0.25, 0.3) is 16.6 Å². The molecule has 11 heteroatoms. The van der Waals surface area contributed by atoms with Gasteiger partial charge < -0.3 is 10.6 Å². The van der Waals surface area contributed by atoms with Crippen LogP contribution in [0.4, 0.5) is 5.82 Å². The fourth-order valence-corrected chi connectivity index (χ4v) is 3.46. The topological polar surface area (TPSA) is 142 Å². The number of nitrogen functional groups attached to an aromatic ring is 1. The fourth-order valence-electron chi connectivity index (χ4n) is 3.46. The van der Waals surface area contributed by atoms with E-state index in [4.69, 9.17) is 5.73 Å². The summed E-state index contributed by atoms with van der Waals surface area (Å²) in [5, 5.41) is 21.8. The Morgan fingerprint density at radius 3 is 2.72 bits per heavy atom. The Kier molecular flexibility index (Phi) is 6.17. The Morgan fingerprint density at radius 1 is 1.19 bits per heavy atom. The van der Waals surface area contributed by atoms with Gasteiger partial charge in [-0.25, -0.2) is 10.1 Å². The van der Waals surface area contributed by atoms with Crippen LogP contribution in [0.5, 0.6) is 0 Å². The van der Waals surface area contributed by atoms with E-state index in [1.165, 1.54) is 9.58 Å². The Morgan fingerprint density at radius 2 is 1.97 bits per heavy atom. The molecule has 0 aliphatic rings. The van der Waals surface area contributed by atoms with Crippen LogP contribution >= 0.6 is 0 Å². The van der Waals surface area contributed by atoms with Gasteiger partial charge >= 0.3 is 0 Å². The van der Waals surface area contributed by atoms with E-state index in [1.807, 2.05) is 42.5 Å². The summed E-state index contributed by atoms with van der Waals surface area (Å²) in [5.74, 6) is -0.228. The van der Waals surface area contributed by atoms with Crippen LogP contribution in [0.15, 0.2) is 52.2 Å². The van der Waals surface area contributed by atoms with Crippen LogP contribution < -0.4 is 16.1 Å². The third kappa shape index (κ3) is 4.18. The van der Waals surface area contributed by atoms with Crippen molar-refractivity contribution >= 4 is 28.7 Å². The zero-order chi connectivity index (χ0) is 22.5. The van der Waals surface area contributed by atoms with Gasteiger partial charge in [-0.1, -0.05) is 47.7 Å². The second kappa shape index (κ2) is 9.35.